The molecule has 4 aromatic rings. The summed E-state index contributed by atoms with van der Waals surface area (Å²) in [5.41, 5.74) is 3.09. The molecule has 1 saturated heterocycles. The first kappa shape index (κ1) is 23.4. The van der Waals surface area contributed by atoms with Crippen LogP contribution in [0, 0.1) is 5.92 Å². The van der Waals surface area contributed by atoms with Crippen molar-refractivity contribution in [3.63, 3.8) is 0 Å². The van der Waals surface area contributed by atoms with Crippen LogP contribution < -0.4 is 10.9 Å². The topological polar surface area (TPSA) is 67.2 Å². The van der Waals surface area contributed by atoms with Crippen molar-refractivity contribution in [1.29, 1.82) is 0 Å². The normalized spacial score (nSPS) is 18.6. The van der Waals surface area contributed by atoms with Gasteiger partial charge in [0.1, 0.15) is 4.32 Å². The van der Waals surface area contributed by atoms with Gasteiger partial charge in [0.15, 0.2) is 5.13 Å². The van der Waals surface area contributed by atoms with Crippen LogP contribution in [0.5, 0.6) is 0 Å². The fourth-order valence-corrected chi connectivity index (χ4v) is 7.03. The smallest absolute Gasteiger partial charge is 0.250 e. The molecule has 6 rings (SSSR count). The third-order valence-corrected chi connectivity index (χ3v) is 9.16. The average molecular weight is 533 g/mol. The van der Waals surface area contributed by atoms with Gasteiger partial charge < -0.3 is 14.8 Å². The number of carbonyl (C=O) groups is 1. The molecule has 2 aromatic carbocycles. The summed E-state index contributed by atoms with van der Waals surface area (Å²) in [6, 6.07) is 19.9. The number of carbonyl (C=O) groups excluding carboxylic acids is 1. The highest BCUT2D eigenvalue weighted by Crippen LogP contribution is 2.36. The fraction of sp³-hybridized carbons (Fsp3) is 0.259. The van der Waals surface area contributed by atoms with Crippen molar-refractivity contribution in [3.8, 4) is 11.3 Å². The van der Waals surface area contributed by atoms with E-state index in [4.69, 9.17) is 12.2 Å². The molecule has 182 valence electrons. The van der Waals surface area contributed by atoms with Crippen LogP contribution in [0.1, 0.15) is 18.0 Å². The lowest BCUT2D eigenvalue weighted by atomic mass is 9.83. The third kappa shape index (κ3) is 4.58. The van der Waals surface area contributed by atoms with Gasteiger partial charge in [-0.15, -0.1) is 11.3 Å². The summed E-state index contributed by atoms with van der Waals surface area (Å²) in [6.07, 6.45) is 1.08. The lowest BCUT2D eigenvalue weighted by Gasteiger charge is -2.43. The molecule has 0 saturated carbocycles. The first-order valence-electron chi connectivity index (χ1n) is 11.9. The van der Waals surface area contributed by atoms with Crippen molar-refractivity contribution < 1.29 is 4.79 Å². The zero-order chi connectivity index (χ0) is 24.6. The first-order valence-corrected chi connectivity index (χ1v) is 14.2. The molecule has 2 aromatic heterocycles. The van der Waals surface area contributed by atoms with E-state index in [0.717, 1.165) is 58.1 Å². The highest BCUT2D eigenvalue weighted by Gasteiger charge is 2.35. The highest BCUT2D eigenvalue weighted by molar-refractivity contribution is 8.23. The van der Waals surface area contributed by atoms with Gasteiger partial charge in [-0.05, 0) is 29.2 Å². The standard InChI is InChI=1S/C27H24N4O2S3/c32-24(29-26-28-22(15-35-26)21-8-3-6-18-5-1-2-7-20(18)21)16-36-27(34)30-12-17-11-19(14-30)23-9-4-10-25(33)31(23)13-17/h1-10,15,17,19H,11-14,16H2,(H,28,29,32)/t17-,19+/m0/s1. The van der Waals surface area contributed by atoms with Crippen LogP contribution in [0.25, 0.3) is 22.0 Å². The summed E-state index contributed by atoms with van der Waals surface area (Å²) in [7, 11) is 0. The Labute approximate surface area is 222 Å². The molecular formula is C27H24N4O2S3. The maximum Gasteiger partial charge on any atom is 0.250 e. The van der Waals surface area contributed by atoms with E-state index in [9.17, 15) is 9.59 Å². The van der Waals surface area contributed by atoms with E-state index < -0.39 is 0 Å². The van der Waals surface area contributed by atoms with Gasteiger partial charge in [0.2, 0.25) is 5.91 Å². The lowest BCUT2D eigenvalue weighted by molar-refractivity contribution is -0.113. The van der Waals surface area contributed by atoms with Crippen molar-refractivity contribution in [2.45, 2.75) is 18.9 Å². The molecule has 6 nitrogen and oxygen atoms in total. The van der Waals surface area contributed by atoms with Crippen molar-refractivity contribution in [2.75, 3.05) is 24.2 Å². The number of hydrogen-bond acceptors (Lipinski definition) is 6. The van der Waals surface area contributed by atoms with Crippen LogP contribution in [0.2, 0.25) is 0 Å². The maximum atomic E-state index is 12.7. The molecule has 2 aliphatic heterocycles. The van der Waals surface area contributed by atoms with Crippen LogP contribution in [-0.2, 0) is 11.3 Å². The van der Waals surface area contributed by atoms with Gasteiger partial charge in [0.05, 0.1) is 11.4 Å². The molecule has 2 atom stereocenters. The molecule has 1 fully saturated rings. The maximum absolute atomic E-state index is 12.7. The number of thiocarbonyl (C=S) groups is 1. The molecule has 36 heavy (non-hydrogen) atoms. The number of nitrogens with zero attached hydrogens (tertiary/aromatic N) is 3. The largest absolute Gasteiger partial charge is 0.356 e. The number of likely N-dealkylation sites (tertiary alicyclic amines) is 1. The molecule has 0 unspecified atom stereocenters. The second kappa shape index (κ2) is 9.80. The van der Waals surface area contributed by atoms with Gasteiger partial charge in [-0.2, -0.15) is 0 Å². The number of rotatable bonds is 4. The van der Waals surface area contributed by atoms with Crippen LogP contribution in [0.3, 0.4) is 0 Å². The Bertz CT molecular complexity index is 1520. The highest BCUT2D eigenvalue weighted by atomic mass is 32.2. The summed E-state index contributed by atoms with van der Waals surface area (Å²) in [5, 5.41) is 7.80. The first-order chi connectivity index (χ1) is 17.5. The predicted molar refractivity (Wildman–Crippen MR) is 152 cm³/mol. The van der Waals surface area contributed by atoms with E-state index in [1.807, 2.05) is 34.2 Å². The molecule has 0 radical (unpaired) electrons. The molecule has 4 heterocycles. The Kier molecular flexibility index (Phi) is 6.37. The Morgan fingerprint density at radius 3 is 2.83 bits per heavy atom. The molecule has 2 bridgehead atoms. The van der Waals surface area contributed by atoms with Gasteiger partial charge in [-0.25, -0.2) is 4.98 Å². The second-order valence-corrected chi connectivity index (χ2v) is 11.7. The lowest BCUT2D eigenvalue weighted by Crippen LogP contribution is -2.48. The van der Waals surface area contributed by atoms with Gasteiger partial charge in [0, 0.05) is 48.3 Å². The molecule has 1 amide bonds. The predicted octanol–water partition coefficient (Wildman–Crippen LogP) is 5.20. The van der Waals surface area contributed by atoms with Crippen LogP contribution in [0.4, 0.5) is 5.13 Å². The van der Waals surface area contributed by atoms with E-state index in [0.29, 0.717) is 17.0 Å². The summed E-state index contributed by atoms with van der Waals surface area (Å²) in [4.78, 5) is 31.8. The number of piperidine rings is 1. The number of nitrogens with one attached hydrogen (secondary N) is 1. The number of thiazole rings is 1. The number of thioether (sulfide) groups is 1. The van der Waals surface area contributed by atoms with Crippen LogP contribution in [-0.4, -0.2) is 43.5 Å². The Hall–Kier alpha value is -3.01. The molecule has 2 aliphatic rings. The minimum atomic E-state index is -0.115. The number of anilines is 1. The van der Waals surface area contributed by atoms with Gasteiger partial charge in [0.25, 0.3) is 5.56 Å². The number of amides is 1. The fourth-order valence-electron chi connectivity index (χ4n) is 5.32. The number of hydrogen-bond donors (Lipinski definition) is 1. The van der Waals surface area contributed by atoms with E-state index in [1.165, 1.54) is 23.1 Å². The van der Waals surface area contributed by atoms with Crippen molar-refractivity contribution in [1.82, 2.24) is 14.5 Å². The second-order valence-electron chi connectivity index (χ2n) is 9.27. The molecule has 9 heteroatoms. The summed E-state index contributed by atoms with van der Waals surface area (Å²) >= 11 is 8.52. The zero-order valence-electron chi connectivity index (χ0n) is 19.4. The summed E-state index contributed by atoms with van der Waals surface area (Å²) in [5.74, 6) is 0.813. The summed E-state index contributed by atoms with van der Waals surface area (Å²) in [6.45, 7) is 2.35. The number of aromatic nitrogens is 2. The Balaban J connectivity index is 1.07. The zero-order valence-corrected chi connectivity index (χ0v) is 21.9. The van der Waals surface area contributed by atoms with E-state index in [2.05, 4.69) is 45.5 Å². The Morgan fingerprint density at radius 2 is 1.92 bits per heavy atom. The SMILES string of the molecule is O=C(CSC(=S)N1C[C@@H]2C[C@H](C1)c1cccc(=O)n1C2)Nc1nc(-c2cccc3ccccc23)cs1. The van der Waals surface area contributed by atoms with E-state index >= 15 is 0 Å². The van der Waals surface area contributed by atoms with E-state index in [-0.39, 0.29) is 17.2 Å². The molecular weight excluding hydrogens is 509 g/mol. The van der Waals surface area contributed by atoms with Crippen molar-refractivity contribution in [3.05, 3.63) is 82.1 Å². The monoisotopic (exact) mass is 532 g/mol. The van der Waals surface area contributed by atoms with Crippen LogP contribution >= 0.6 is 35.3 Å². The third-order valence-electron chi connectivity index (χ3n) is 6.88. The van der Waals surface area contributed by atoms with E-state index in [1.54, 1.807) is 6.07 Å². The van der Waals surface area contributed by atoms with Gasteiger partial charge in [-0.3, -0.25) is 9.59 Å². The van der Waals surface area contributed by atoms with Crippen LogP contribution in [0.15, 0.2) is 70.8 Å². The van der Waals surface area contributed by atoms with Crippen molar-refractivity contribution in [2.24, 2.45) is 5.92 Å². The molecule has 0 aliphatic carbocycles. The van der Waals surface area contributed by atoms with Gasteiger partial charge in [-0.1, -0.05) is 72.5 Å². The number of benzene rings is 2. The molecule has 0 spiro atoms. The number of pyridine rings is 1. The Morgan fingerprint density at radius 1 is 1.08 bits per heavy atom. The minimum absolute atomic E-state index is 0.0788. The minimum Gasteiger partial charge on any atom is -0.356 e. The van der Waals surface area contributed by atoms with Gasteiger partial charge >= 0.3 is 0 Å². The number of fused-ring (bicyclic) bond motifs is 5. The quantitative estimate of drug-likeness (QED) is 0.365. The van der Waals surface area contributed by atoms with Crippen molar-refractivity contribution >= 4 is 61.4 Å². The molecule has 1 N–H and O–H groups in total. The average Bonchev–Trinajstić information content (AvgIpc) is 3.35. The summed E-state index contributed by atoms with van der Waals surface area (Å²) < 4.78 is 2.66.